The largest absolute Gasteiger partial charge is 0.507 e. The summed E-state index contributed by atoms with van der Waals surface area (Å²) < 4.78 is 34.0. The zero-order valence-corrected chi connectivity index (χ0v) is 23.3. The molecule has 0 aromatic heterocycles. The molecular formula is C29H34O14. The molecule has 3 aliphatic rings. The maximum atomic E-state index is 12.9. The number of aromatic hydroxyl groups is 1. The van der Waals surface area contributed by atoms with Gasteiger partial charge in [-0.2, -0.15) is 0 Å². The molecule has 11 atom stereocenters. The van der Waals surface area contributed by atoms with Gasteiger partial charge in [0.1, 0.15) is 72.1 Å². The molecule has 5 rings (SSSR count). The predicted molar refractivity (Wildman–Crippen MR) is 142 cm³/mol. The third-order valence-corrected chi connectivity index (χ3v) is 7.59. The van der Waals surface area contributed by atoms with E-state index in [4.69, 9.17) is 28.4 Å². The lowest BCUT2D eigenvalue weighted by molar-refractivity contribution is -0.354. The fraction of sp³-hybridized carbons (Fsp3) is 0.517. The lowest BCUT2D eigenvalue weighted by atomic mass is 9.95. The number of carbonyl (C=O) groups excluding carboxylic acids is 2. The van der Waals surface area contributed by atoms with Crippen LogP contribution in [-0.4, -0.2) is 110 Å². The Morgan fingerprint density at radius 2 is 1.65 bits per heavy atom. The molecule has 3 aliphatic heterocycles. The summed E-state index contributed by atoms with van der Waals surface area (Å²) in [4.78, 5) is 24.3. The summed E-state index contributed by atoms with van der Waals surface area (Å²) in [6, 6.07) is 11.5. The van der Waals surface area contributed by atoms with Crippen molar-refractivity contribution < 1.29 is 68.6 Å². The van der Waals surface area contributed by atoms with Crippen LogP contribution in [-0.2, 0) is 23.7 Å². The fourth-order valence-electron chi connectivity index (χ4n) is 5.23. The van der Waals surface area contributed by atoms with Gasteiger partial charge in [-0.1, -0.05) is 30.3 Å². The van der Waals surface area contributed by atoms with Crippen molar-refractivity contribution in [1.82, 2.24) is 0 Å². The number of benzene rings is 2. The molecule has 2 fully saturated rings. The summed E-state index contributed by atoms with van der Waals surface area (Å²) in [5, 5.41) is 63.2. The number of phenols is 1. The average Bonchev–Trinajstić information content (AvgIpc) is 2.97. The summed E-state index contributed by atoms with van der Waals surface area (Å²) in [6.45, 7) is 2.12. The molecule has 43 heavy (non-hydrogen) atoms. The molecule has 0 aliphatic carbocycles. The number of hydrogen-bond donors (Lipinski definition) is 6. The van der Waals surface area contributed by atoms with Crippen LogP contribution in [0.25, 0.3) is 0 Å². The van der Waals surface area contributed by atoms with Crippen molar-refractivity contribution in [2.45, 2.75) is 87.8 Å². The van der Waals surface area contributed by atoms with Gasteiger partial charge in [-0.05, 0) is 12.5 Å². The van der Waals surface area contributed by atoms with Crippen molar-refractivity contribution in [3.8, 4) is 17.2 Å². The second-order valence-corrected chi connectivity index (χ2v) is 10.7. The van der Waals surface area contributed by atoms with E-state index in [9.17, 15) is 40.2 Å². The average molecular weight is 607 g/mol. The van der Waals surface area contributed by atoms with Crippen LogP contribution in [0.2, 0.25) is 0 Å². The Labute approximate surface area is 245 Å². The van der Waals surface area contributed by atoms with E-state index in [0.717, 1.165) is 18.6 Å². The highest BCUT2D eigenvalue weighted by atomic mass is 16.8. The first kappa shape index (κ1) is 31.1. The Hall–Kier alpha value is -3.34. The first-order chi connectivity index (χ1) is 20.4. The number of aliphatic hydroxyl groups is 5. The van der Waals surface area contributed by atoms with E-state index in [1.54, 1.807) is 24.3 Å². The van der Waals surface area contributed by atoms with Gasteiger partial charge < -0.3 is 59.1 Å². The van der Waals surface area contributed by atoms with Crippen molar-refractivity contribution in [2.75, 3.05) is 6.61 Å². The molecule has 0 unspecified atom stereocenters. The van der Waals surface area contributed by atoms with Gasteiger partial charge in [0.25, 0.3) is 0 Å². The van der Waals surface area contributed by atoms with Crippen LogP contribution in [0.3, 0.4) is 0 Å². The second-order valence-electron chi connectivity index (χ2n) is 10.7. The van der Waals surface area contributed by atoms with Crippen LogP contribution in [0.4, 0.5) is 0 Å². The number of ketones is 1. The minimum atomic E-state index is -1.76. The van der Waals surface area contributed by atoms with Crippen LogP contribution < -0.4 is 9.47 Å². The molecule has 0 radical (unpaired) electrons. The number of aliphatic hydroxyl groups excluding tert-OH is 5. The molecule has 0 spiro atoms. The van der Waals surface area contributed by atoms with Gasteiger partial charge in [-0.3, -0.25) is 9.59 Å². The van der Waals surface area contributed by atoms with Crippen LogP contribution in [0, 0.1) is 0 Å². The number of Topliss-reactive ketones (excluding diaryl/α,β-unsaturated/α-hetero) is 1. The van der Waals surface area contributed by atoms with Crippen LogP contribution >= 0.6 is 0 Å². The highest BCUT2D eigenvalue weighted by molar-refractivity contribution is 6.02. The first-order valence-electron chi connectivity index (χ1n) is 13.7. The van der Waals surface area contributed by atoms with Crippen LogP contribution in [0.15, 0.2) is 42.5 Å². The quantitative estimate of drug-likeness (QED) is 0.224. The topological polar surface area (TPSA) is 211 Å². The van der Waals surface area contributed by atoms with E-state index < -0.39 is 85.8 Å². The van der Waals surface area contributed by atoms with Gasteiger partial charge in [0.05, 0.1) is 12.5 Å². The van der Waals surface area contributed by atoms with Crippen molar-refractivity contribution in [3.63, 3.8) is 0 Å². The molecule has 2 saturated heterocycles. The number of fused-ring (bicyclic) bond motifs is 1. The van der Waals surface area contributed by atoms with Gasteiger partial charge in [-0.25, -0.2) is 0 Å². The number of phenolic OH excluding ortho intramolecular Hbond substituents is 1. The van der Waals surface area contributed by atoms with Crippen molar-refractivity contribution in [3.05, 3.63) is 53.6 Å². The number of carbonyl (C=O) groups is 2. The summed E-state index contributed by atoms with van der Waals surface area (Å²) >= 11 is 0. The van der Waals surface area contributed by atoms with E-state index in [1.165, 1.54) is 13.0 Å². The normalized spacial score (nSPS) is 35.9. The van der Waals surface area contributed by atoms with Crippen molar-refractivity contribution >= 4 is 11.8 Å². The second kappa shape index (κ2) is 12.7. The molecule has 2 aromatic carbocycles. The standard InChI is InChI=1S/C29H34O14/c1-12-22(33)24(35)26(37)28(39-12)43-27-25(36)23(34)20(11-38-13(2)30)42-29(27)40-15-8-16(31)21-17(32)10-18(41-19(21)9-15)14-6-4-3-5-7-14/h3-9,12,18,20,22-29,31,33-37H,10-11H2,1-2H3/t12-,18-,20+,22-,23+,24+,25-,26+,27+,28-,29+/m0/s1. The van der Waals surface area contributed by atoms with Gasteiger partial charge in [0.15, 0.2) is 18.2 Å². The molecule has 234 valence electrons. The van der Waals surface area contributed by atoms with Crippen molar-refractivity contribution in [2.24, 2.45) is 0 Å². The van der Waals surface area contributed by atoms with E-state index in [1.807, 2.05) is 6.07 Å². The molecule has 6 N–H and O–H groups in total. The van der Waals surface area contributed by atoms with Gasteiger partial charge >= 0.3 is 5.97 Å². The maximum Gasteiger partial charge on any atom is 0.302 e. The van der Waals surface area contributed by atoms with Crippen LogP contribution in [0.1, 0.15) is 42.3 Å². The summed E-state index contributed by atoms with van der Waals surface area (Å²) in [5.74, 6) is -1.52. The van der Waals surface area contributed by atoms with Crippen LogP contribution in [0.5, 0.6) is 17.2 Å². The minimum Gasteiger partial charge on any atom is -0.507 e. The number of esters is 1. The Bertz CT molecular complexity index is 1300. The SMILES string of the molecule is CC(=O)OC[C@H]1O[C@@H](Oc2cc(O)c3c(c2)O[C@H](c2ccccc2)CC3=O)[C@H](O[C@@H]2O[C@@H](C)[C@H](O)[C@@H](O)[C@H]2O)[C@@H](O)[C@@H]1O. The lowest BCUT2D eigenvalue weighted by Gasteiger charge is -2.45. The Morgan fingerprint density at radius 3 is 2.35 bits per heavy atom. The molecule has 14 nitrogen and oxygen atoms in total. The summed E-state index contributed by atoms with van der Waals surface area (Å²) in [7, 11) is 0. The first-order valence-corrected chi connectivity index (χ1v) is 13.7. The van der Waals surface area contributed by atoms with Gasteiger partial charge in [0, 0.05) is 19.1 Å². The van der Waals surface area contributed by atoms with Gasteiger partial charge in [-0.15, -0.1) is 0 Å². The summed E-state index contributed by atoms with van der Waals surface area (Å²) in [5.41, 5.74) is 0.703. The zero-order valence-electron chi connectivity index (χ0n) is 23.3. The van der Waals surface area contributed by atoms with E-state index >= 15 is 0 Å². The Morgan fingerprint density at radius 1 is 0.930 bits per heavy atom. The molecule has 14 heteroatoms. The zero-order chi connectivity index (χ0) is 31.0. The lowest BCUT2D eigenvalue weighted by Crippen LogP contribution is -2.64. The molecule has 0 bridgehead atoms. The molecule has 3 heterocycles. The third-order valence-electron chi connectivity index (χ3n) is 7.59. The number of hydrogen-bond acceptors (Lipinski definition) is 14. The number of rotatable bonds is 7. The highest BCUT2D eigenvalue weighted by Crippen LogP contribution is 2.42. The fourth-order valence-corrected chi connectivity index (χ4v) is 5.23. The van der Waals surface area contributed by atoms with E-state index in [0.29, 0.717) is 0 Å². The smallest absolute Gasteiger partial charge is 0.302 e. The van der Waals surface area contributed by atoms with E-state index in [2.05, 4.69) is 0 Å². The maximum absolute atomic E-state index is 12.9. The molecule has 2 aromatic rings. The Kier molecular flexibility index (Phi) is 9.20. The third kappa shape index (κ3) is 6.46. The van der Waals surface area contributed by atoms with E-state index in [-0.39, 0.29) is 29.3 Å². The number of ether oxygens (including phenoxy) is 6. The molecule has 0 amide bonds. The summed E-state index contributed by atoms with van der Waals surface area (Å²) in [6.07, 6.45) is -15.9. The highest BCUT2D eigenvalue weighted by Gasteiger charge is 2.51. The molecule has 0 saturated carbocycles. The molecular weight excluding hydrogens is 572 g/mol. The Balaban J connectivity index is 1.43. The predicted octanol–water partition coefficient (Wildman–Crippen LogP) is -0.300. The minimum absolute atomic E-state index is 0.00295. The van der Waals surface area contributed by atoms with Crippen molar-refractivity contribution in [1.29, 1.82) is 0 Å². The monoisotopic (exact) mass is 606 g/mol. The van der Waals surface area contributed by atoms with Gasteiger partial charge in [0.2, 0.25) is 6.29 Å².